The van der Waals surface area contributed by atoms with E-state index in [-0.39, 0.29) is 22.8 Å². The fourth-order valence-electron chi connectivity index (χ4n) is 7.89. The summed E-state index contributed by atoms with van der Waals surface area (Å²) >= 11 is 0. The van der Waals surface area contributed by atoms with Gasteiger partial charge >= 0.3 is 5.97 Å². The predicted octanol–water partition coefficient (Wildman–Crippen LogP) is 5.48. The first-order valence-electron chi connectivity index (χ1n) is 15.9. The van der Waals surface area contributed by atoms with Crippen LogP contribution in [0.3, 0.4) is 0 Å². The van der Waals surface area contributed by atoms with Gasteiger partial charge in [0.1, 0.15) is 28.6 Å². The van der Waals surface area contributed by atoms with Crippen molar-refractivity contribution in [1.29, 1.82) is 0 Å². The second kappa shape index (κ2) is 11.1. The highest BCUT2D eigenvalue weighted by Crippen LogP contribution is 2.53. The molecule has 4 atom stereocenters. The number of hydrogen-bond donors (Lipinski definition) is 1. The van der Waals surface area contributed by atoms with E-state index in [1.165, 1.54) is 19.2 Å². The van der Waals surface area contributed by atoms with E-state index in [2.05, 4.69) is 12.1 Å². The summed E-state index contributed by atoms with van der Waals surface area (Å²) in [6.45, 7) is 0. The molecule has 4 unspecified atom stereocenters. The quantitative estimate of drug-likeness (QED) is 0.276. The van der Waals surface area contributed by atoms with E-state index in [9.17, 15) is 18.3 Å². The van der Waals surface area contributed by atoms with Gasteiger partial charge < -0.3 is 28.8 Å². The Hall–Kier alpha value is -4.80. The van der Waals surface area contributed by atoms with Gasteiger partial charge in [-0.1, -0.05) is 30.3 Å². The molecule has 4 aromatic rings. The van der Waals surface area contributed by atoms with Gasteiger partial charge in [-0.2, -0.15) is 0 Å². The average Bonchev–Trinajstić information content (AvgIpc) is 3.10. The Morgan fingerprint density at radius 3 is 2.29 bits per heavy atom. The summed E-state index contributed by atoms with van der Waals surface area (Å²) < 4.78 is 58.9. The number of carbonyl (C=O) groups is 1. The Kier molecular flexibility index (Phi) is 7.08. The number of ether oxygens (including phenoxy) is 5. The highest BCUT2D eigenvalue weighted by Gasteiger charge is 2.67. The van der Waals surface area contributed by atoms with Gasteiger partial charge in [0.2, 0.25) is 5.60 Å². The molecule has 1 N–H and O–H groups in total. The average molecular weight is 667 g/mol. The van der Waals surface area contributed by atoms with Crippen LogP contribution >= 0.6 is 0 Å². The largest absolute Gasteiger partial charge is 0.497 e. The molecule has 1 fully saturated rings. The summed E-state index contributed by atoms with van der Waals surface area (Å²) in [6, 6.07) is 21.6. The second-order valence-electron chi connectivity index (χ2n) is 12.6. The van der Waals surface area contributed by atoms with Gasteiger partial charge in [-0.3, -0.25) is 0 Å². The molecule has 246 valence electrons. The minimum atomic E-state index is -4.31. The smallest absolute Gasteiger partial charge is 0.348 e. The summed E-state index contributed by atoms with van der Waals surface area (Å²) in [6.07, 6.45) is 2.68. The second-order valence-corrected chi connectivity index (χ2v) is 14.7. The van der Waals surface area contributed by atoms with Crippen molar-refractivity contribution in [1.82, 2.24) is 0 Å². The summed E-state index contributed by atoms with van der Waals surface area (Å²) in [5, 5.41) is 10.9. The first kappa shape index (κ1) is 30.5. The lowest BCUT2D eigenvalue weighted by atomic mass is 9.73. The van der Waals surface area contributed by atoms with Crippen LogP contribution in [0.4, 0.5) is 0 Å². The Labute approximate surface area is 278 Å². The van der Waals surface area contributed by atoms with Crippen LogP contribution in [-0.2, 0) is 38.6 Å². The van der Waals surface area contributed by atoms with Crippen LogP contribution in [0.5, 0.6) is 23.0 Å². The molecule has 0 amide bonds. The fraction of sp³-hybridized carbons (Fsp3) is 0.289. The molecule has 4 heterocycles. The third-order valence-electron chi connectivity index (χ3n) is 10.2. The monoisotopic (exact) mass is 666 g/mol. The van der Waals surface area contributed by atoms with Crippen molar-refractivity contribution in [2.24, 2.45) is 5.92 Å². The Morgan fingerprint density at radius 1 is 0.792 bits per heavy atom. The van der Waals surface area contributed by atoms with Gasteiger partial charge in [0.05, 0.1) is 26.2 Å². The highest BCUT2D eigenvalue weighted by atomic mass is 32.2. The molecule has 2 aliphatic carbocycles. The SMILES string of the molecule is COc1ccc2c(c1)CCC1C3C=C(Oc4c(OC)ccc5c4-c4cc-2c(OC)cc4CC5)C(O)(C(=O)O3)C1S(=O)(=O)c1ccccc1. The van der Waals surface area contributed by atoms with E-state index in [0.29, 0.717) is 30.1 Å². The molecule has 6 bridgehead atoms. The fourth-order valence-corrected chi connectivity index (χ4v) is 10.1. The molecular formula is C38H34O9S. The maximum absolute atomic E-state index is 14.6. The molecule has 0 aromatic heterocycles. The van der Waals surface area contributed by atoms with Crippen LogP contribution in [0.15, 0.2) is 89.5 Å². The van der Waals surface area contributed by atoms with E-state index >= 15 is 0 Å². The standard InChI is InChI=1S/C38H34O9S/c1-43-24-13-15-26-22(17-24)11-14-27-32-20-33(38(40,37(39)46-32)36(27)48(41,42)25-7-5-4-6-8-25)47-35-30(44-2)16-12-21-9-10-23-18-31(45-3)29(26)19-28(23)34(21)35/h4-8,12-13,15-20,27,32,36,40H,9-11,14H2,1-3H3. The zero-order chi connectivity index (χ0) is 33.4. The third kappa shape index (κ3) is 4.39. The lowest BCUT2D eigenvalue weighted by molar-refractivity contribution is -0.188. The molecule has 9 nitrogen and oxygen atoms in total. The van der Waals surface area contributed by atoms with E-state index < -0.39 is 38.7 Å². The van der Waals surface area contributed by atoms with Gasteiger partial charge in [-0.05, 0) is 102 Å². The number of methoxy groups -OCH3 is 3. The molecule has 4 aromatic carbocycles. The van der Waals surface area contributed by atoms with Crippen molar-refractivity contribution < 1.29 is 42.0 Å². The van der Waals surface area contributed by atoms with Gasteiger partial charge in [0.15, 0.2) is 21.3 Å². The molecule has 48 heavy (non-hydrogen) atoms. The van der Waals surface area contributed by atoms with Crippen LogP contribution in [0, 0.1) is 5.92 Å². The lowest BCUT2D eigenvalue weighted by Gasteiger charge is -2.49. The molecule has 10 heteroatoms. The maximum atomic E-state index is 14.6. The van der Waals surface area contributed by atoms with Gasteiger partial charge in [-0.15, -0.1) is 0 Å². The molecule has 0 saturated carbocycles. The first-order valence-corrected chi connectivity index (χ1v) is 17.4. The third-order valence-corrected chi connectivity index (χ3v) is 12.5. The zero-order valence-electron chi connectivity index (χ0n) is 26.7. The number of hydrogen-bond acceptors (Lipinski definition) is 9. The normalized spacial score (nSPS) is 23.6. The van der Waals surface area contributed by atoms with Crippen LogP contribution in [0.25, 0.3) is 22.3 Å². The zero-order valence-corrected chi connectivity index (χ0v) is 27.5. The summed E-state index contributed by atoms with van der Waals surface area (Å²) in [5.74, 6) is -0.0485. The number of carbonyl (C=O) groups excluding carboxylic acids is 1. The van der Waals surface area contributed by atoms with Crippen LogP contribution in [0.1, 0.15) is 23.1 Å². The number of aliphatic hydroxyl groups is 1. The summed E-state index contributed by atoms with van der Waals surface area (Å²) in [5.41, 5.74) is 3.66. The van der Waals surface area contributed by atoms with E-state index in [1.54, 1.807) is 44.6 Å². The number of aryl methyl sites for hydroxylation is 3. The number of benzene rings is 4. The number of fused-ring (bicyclic) bond motifs is 2. The summed E-state index contributed by atoms with van der Waals surface area (Å²) in [7, 11) is 0.450. The Morgan fingerprint density at radius 2 is 1.54 bits per heavy atom. The molecule has 1 saturated heterocycles. The van der Waals surface area contributed by atoms with Gasteiger partial charge in [0, 0.05) is 17.0 Å². The summed E-state index contributed by atoms with van der Waals surface area (Å²) in [4.78, 5) is 13.8. The number of esters is 1. The van der Waals surface area contributed by atoms with Gasteiger partial charge in [0.25, 0.3) is 0 Å². The van der Waals surface area contributed by atoms with Crippen molar-refractivity contribution in [3.05, 3.63) is 101 Å². The van der Waals surface area contributed by atoms with Crippen LogP contribution in [-0.4, -0.2) is 57.8 Å². The van der Waals surface area contributed by atoms with Crippen LogP contribution in [0.2, 0.25) is 0 Å². The number of rotatable bonds is 5. The number of sulfone groups is 1. The molecular weight excluding hydrogens is 632 g/mol. The van der Waals surface area contributed by atoms with E-state index in [1.807, 2.05) is 24.3 Å². The van der Waals surface area contributed by atoms with Crippen LogP contribution < -0.4 is 18.9 Å². The van der Waals surface area contributed by atoms with Crippen molar-refractivity contribution in [3.63, 3.8) is 0 Å². The predicted molar refractivity (Wildman–Crippen MR) is 177 cm³/mol. The molecule has 0 radical (unpaired) electrons. The van der Waals surface area contributed by atoms with Crippen molar-refractivity contribution in [2.75, 3.05) is 21.3 Å². The minimum Gasteiger partial charge on any atom is -0.497 e. The molecule has 4 aliphatic heterocycles. The van der Waals surface area contributed by atoms with Crippen molar-refractivity contribution in [2.45, 2.75) is 47.5 Å². The Balaban J connectivity index is 1.44. The topological polar surface area (TPSA) is 118 Å². The maximum Gasteiger partial charge on any atom is 0.348 e. The lowest BCUT2D eigenvalue weighted by Crippen LogP contribution is -2.68. The van der Waals surface area contributed by atoms with E-state index in [0.717, 1.165) is 45.4 Å². The highest BCUT2D eigenvalue weighted by molar-refractivity contribution is 7.92. The first-order chi connectivity index (χ1) is 23.2. The van der Waals surface area contributed by atoms with Crippen molar-refractivity contribution in [3.8, 4) is 45.3 Å². The molecule has 0 spiro atoms. The van der Waals surface area contributed by atoms with Gasteiger partial charge in [-0.25, -0.2) is 13.2 Å². The Bertz CT molecular complexity index is 2120. The van der Waals surface area contributed by atoms with E-state index in [4.69, 9.17) is 23.7 Å². The minimum absolute atomic E-state index is 0.00431. The molecule has 10 rings (SSSR count). The molecule has 6 aliphatic rings. The van der Waals surface area contributed by atoms with Crippen molar-refractivity contribution >= 4 is 15.8 Å².